The van der Waals surface area contributed by atoms with Crippen LogP contribution in [0.3, 0.4) is 0 Å². The van der Waals surface area contributed by atoms with E-state index in [0.29, 0.717) is 41.0 Å². The number of rotatable bonds is 8. The molecule has 4 aromatic carbocycles. The van der Waals surface area contributed by atoms with E-state index in [-0.39, 0.29) is 36.8 Å². The molecule has 4 aromatic rings. The van der Waals surface area contributed by atoms with Gasteiger partial charge in [0.2, 0.25) is 19.7 Å². The summed E-state index contributed by atoms with van der Waals surface area (Å²) in [6, 6.07) is 18.8. The normalized spacial score (nSPS) is 15.5. The fourth-order valence-corrected chi connectivity index (χ4v) is 8.40. The van der Waals surface area contributed by atoms with Gasteiger partial charge in [-0.2, -0.15) is 0 Å². The Morgan fingerprint density at radius 3 is 2.00 bits per heavy atom. The summed E-state index contributed by atoms with van der Waals surface area (Å²) < 4.78 is 72.6. The average molecular weight is 609 g/mol. The molecule has 1 fully saturated rings. The quantitative estimate of drug-likeness (QED) is 0.238. The van der Waals surface area contributed by atoms with Crippen molar-refractivity contribution < 1.29 is 36.2 Å². The number of aryl methyl sites for hydroxylation is 4. The highest BCUT2D eigenvalue weighted by molar-refractivity contribution is 7.92. The molecular formula is C32H32O8S2. The molecule has 5 rings (SSSR count). The van der Waals surface area contributed by atoms with Crippen molar-refractivity contribution in [1.82, 2.24) is 0 Å². The third kappa shape index (κ3) is 5.62. The number of hydrogen-bond acceptors (Lipinski definition) is 8. The van der Waals surface area contributed by atoms with Gasteiger partial charge in [-0.25, -0.2) is 16.8 Å². The molecule has 1 saturated heterocycles. The molecule has 0 aliphatic carbocycles. The van der Waals surface area contributed by atoms with Crippen LogP contribution in [0.15, 0.2) is 92.4 Å². The third-order valence-electron chi connectivity index (χ3n) is 7.13. The summed E-state index contributed by atoms with van der Waals surface area (Å²) in [4.78, 5) is 0.268. The van der Waals surface area contributed by atoms with Gasteiger partial charge in [-0.1, -0.05) is 24.3 Å². The maximum Gasteiger partial charge on any atom is 0.210 e. The number of ether oxygens (including phenoxy) is 3. The Balaban J connectivity index is 1.56. The summed E-state index contributed by atoms with van der Waals surface area (Å²) >= 11 is 0. The van der Waals surface area contributed by atoms with E-state index >= 15 is 0 Å². The molecule has 1 N–H and O–H groups in total. The smallest absolute Gasteiger partial charge is 0.210 e. The number of sulfone groups is 2. The van der Waals surface area contributed by atoms with Gasteiger partial charge in [0, 0.05) is 6.42 Å². The second kappa shape index (κ2) is 11.4. The van der Waals surface area contributed by atoms with Crippen LogP contribution in [0.2, 0.25) is 0 Å². The lowest BCUT2D eigenvalue weighted by Gasteiger charge is -2.20. The highest BCUT2D eigenvalue weighted by Gasteiger charge is 2.29. The zero-order valence-electron chi connectivity index (χ0n) is 23.7. The van der Waals surface area contributed by atoms with Crippen LogP contribution in [0.1, 0.15) is 35.1 Å². The minimum absolute atomic E-state index is 0.0234. The monoisotopic (exact) mass is 608 g/mol. The lowest BCUT2D eigenvalue weighted by atomic mass is 10.1. The second-order valence-electron chi connectivity index (χ2n) is 10.4. The zero-order chi connectivity index (χ0) is 30.2. The van der Waals surface area contributed by atoms with Gasteiger partial charge in [0.1, 0.15) is 16.4 Å². The van der Waals surface area contributed by atoms with Crippen LogP contribution in [0.5, 0.6) is 23.0 Å². The Kier molecular flexibility index (Phi) is 8.06. The van der Waals surface area contributed by atoms with Gasteiger partial charge in [0.15, 0.2) is 17.8 Å². The van der Waals surface area contributed by atoms with E-state index < -0.39 is 26.0 Å². The van der Waals surface area contributed by atoms with Gasteiger partial charge in [-0.3, -0.25) is 0 Å². The number of para-hydroxylation sites is 1. The molecule has 0 saturated carbocycles. The molecular weight excluding hydrogens is 576 g/mol. The highest BCUT2D eigenvalue weighted by atomic mass is 32.2. The van der Waals surface area contributed by atoms with Crippen molar-refractivity contribution in [3.8, 4) is 23.0 Å². The number of phenols is 1. The van der Waals surface area contributed by atoms with E-state index in [4.69, 9.17) is 14.2 Å². The Morgan fingerprint density at radius 2 is 1.40 bits per heavy atom. The molecule has 220 valence electrons. The Morgan fingerprint density at radius 1 is 0.762 bits per heavy atom. The van der Waals surface area contributed by atoms with Crippen LogP contribution in [0.4, 0.5) is 0 Å². The molecule has 8 nitrogen and oxygen atoms in total. The minimum Gasteiger partial charge on any atom is -0.507 e. The zero-order valence-corrected chi connectivity index (χ0v) is 25.4. The fraction of sp³-hybridized carbons (Fsp3) is 0.250. The molecule has 42 heavy (non-hydrogen) atoms. The summed E-state index contributed by atoms with van der Waals surface area (Å²) in [5.74, 6) is 0.550. The van der Waals surface area contributed by atoms with Crippen molar-refractivity contribution in [2.75, 3.05) is 6.61 Å². The topological polar surface area (TPSA) is 116 Å². The van der Waals surface area contributed by atoms with Crippen LogP contribution in [0.25, 0.3) is 0 Å². The summed E-state index contributed by atoms with van der Waals surface area (Å²) in [7, 11) is -7.89. The average Bonchev–Trinajstić information content (AvgIpc) is 3.45. The molecule has 0 bridgehead atoms. The maximum atomic E-state index is 13.7. The van der Waals surface area contributed by atoms with Gasteiger partial charge < -0.3 is 19.3 Å². The summed E-state index contributed by atoms with van der Waals surface area (Å²) in [5, 5.41) is 10.1. The molecule has 0 aromatic heterocycles. The van der Waals surface area contributed by atoms with E-state index in [2.05, 4.69) is 0 Å². The van der Waals surface area contributed by atoms with Gasteiger partial charge in [0.05, 0.1) is 21.3 Å². The predicted molar refractivity (Wildman–Crippen MR) is 157 cm³/mol. The first-order valence-electron chi connectivity index (χ1n) is 13.5. The number of phenolic OH excluding ortho intramolecular Hbond substituents is 1. The van der Waals surface area contributed by atoms with Gasteiger partial charge in [-0.15, -0.1) is 0 Å². The summed E-state index contributed by atoms with van der Waals surface area (Å²) in [6.07, 6.45) is 0.746. The van der Waals surface area contributed by atoms with Gasteiger partial charge in [-0.05, 0) is 105 Å². The van der Waals surface area contributed by atoms with Crippen LogP contribution in [-0.4, -0.2) is 34.8 Å². The van der Waals surface area contributed by atoms with Crippen molar-refractivity contribution in [1.29, 1.82) is 0 Å². The van der Waals surface area contributed by atoms with Crippen LogP contribution >= 0.6 is 0 Å². The molecule has 0 spiro atoms. The number of benzene rings is 4. The lowest BCUT2D eigenvalue weighted by Crippen LogP contribution is -2.17. The molecule has 10 heteroatoms. The van der Waals surface area contributed by atoms with E-state index in [1.54, 1.807) is 70.2 Å². The van der Waals surface area contributed by atoms with Gasteiger partial charge in [0.25, 0.3) is 0 Å². The van der Waals surface area contributed by atoms with Crippen molar-refractivity contribution >= 4 is 19.7 Å². The number of hydrogen-bond donors (Lipinski definition) is 1. The van der Waals surface area contributed by atoms with Crippen molar-refractivity contribution in [2.24, 2.45) is 0 Å². The molecule has 0 amide bonds. The Labute approximate surface area is 246 Å². The van der Waals surface area contributed by atoms with E-state index in [9.17, 15) is 21.9 Å². The Hall–Kier alpha value is -3.86. The van der Waals surface area contributed by atoms with Crippen molar-refractivity contribution in [3.63, 3.8) is 0 Å². The van der Waals surface area contributed by atoms with E-state index in [1.807, 2.05) is 0 Å². The van der Waals surface area contributed by atoms with Crippen LogP contribution < -0.4 is 9.47 Å². The van der Waals surface area contributed by atoms with Gasteiger partial charge >= 0.3 is 0 Å². The standard InChI is InChI=1S/C32H32O8S2/c1-20-18-26(19-21(2)30(20)33)42(36,37)32-22(3)16-24(17-23(32)4)39-27-12-8-13-28(31(27)40-29-14-9-15-38-29)41(34,35)25-10-6-5-7-11-25/h5-8,10-13,16-19,29,33H,9,14-15H2,1-4H3. The molecule has 0 radical (unpaired) electrons. The van der Waals surface area contributed by atoms with Crippen LogP contribution in [-0.2, 0) is 24.4 Å². The molecule has 1 atom stereocenters. The first kappa shape index (κ1) is 29.6. The number of aromatic hydroxyl groups is 1. The lowest BCUT2D eigenvalue weighted by molar-refractivity contribution is -0.0418. The fourth-order valence-electron chi connectivity index (χ4n) is 5.11. The molecule has 1 heterocycles. The molecule has 1 unspecified atom stereocenters. The SMILES string of the molecule is Cc1cc(S(=O)(=O)c2c(C)cc(Oc3cccc(S(=O)(=O)c4ccccc4)c3OC3CCCO3)cc2C)cc(C)c1O. The second-order valence-corrected chi connectivity index (χ2v) is 14.2. The first-order valence-corrected chi connectivity index (χ1v) is 16.4. The highest BCUT2D eigenvalue weighted by Crippen LogP contribution is 2.42. The molecule has 1 aliphatic rings. The van der Waals surface area contributed by atoms with Crippen molar-refractivity contribution in [3.05, 3.63) is 95.1 Å². The van der Waals surface area contributed by atoms with E-state index in [0.717, 1.165) is 6.42 Å². The summed E-state index contributed by atoms with van der Waals surface area (Å²) in [6.45, 7) is 7.16. The van der Waals surface area contributed by atoms with E-state index in [1.165, 1.54) is 30.3 Å². The van der Waals surface area contributed by atoms with Crippen LogP contribution in [0, 0.1) is 27.7 Å². The first-order chi connectivity index (χ1) is 19.9. The van der Waals surface area contributed by atoms with Crippen molar-refractivity contribution in [2.45, 2.75) is 66.4 Å². The minimum atomic E-state index is -3.97. The maximum absolute atomic E-state index is 13.7. The Bertz CT molecular complexity index is 1810. The predicted octanol–water partition coefficient (Wildman–Crippen LogP) is 6.60. The molecule has 1 aliphatic heterocycles. The summed E-state index contributed by atoms with van der Waals surface area (Å²) in [5.41, 5.74) is 1.83. The third-order valence-corrected chi connectivity index (χ3v) is 11.0. The largest absolute Gasteiger partial charge is 0.507 e.